The maximum Gasteiger partial charge on any atom is 0.330 e. The summed E-state index contributed by atoms with van der Waals surface area (Å²) in [6.07, 6.45) is 3.26. The highest BCUT2D eigenvalue weighted by molar-refractivity contribution is 5.04. The second kappa shape index (κ2) is 9.38. The molecular weight excluding hydrogens is 330 g/mol. The number of rotatable bonds is 9. The van der Waals surface area contributed by atoms with Gasteiger partial charge in [-0.05, 0) is 12.0 Å². The first kappa shape index (κ1) is 19.2. The van der Waals surface area contributed by atoms with Crippen LogP contribution in [0.2, 0.25) is 0 Å². The van der Waals surface area contributed by atoms with E-state index in [0.717, 1.165) is 19.3 Å². The molecule has 0 bridgehead atoms. The molecule has 1 fully saturated rings. The number of nitrogens with one attached hydrogen (secondary N) is 1. The highest BCUT2D eigenvalue weighted by Crippen LogP contribution is 2.29. The predicted octanol–water partition coefficient (Wildman–Crippen LogP) is 1.20. The van der Waals surface area contributed by atoms with Crippen LogP contribution in [-0.2, 0) is 16.1 Å². The van der Waals surface area contributed by atoms with Gasteiger partial charge in [0.25, 0.3) is 5.56 Å². The summed E-state index contributed by atoms with van der Waals surface area (Å²) in [6.45, 7) is 2.39. The van der Waals surface area contributed by atoms with Crippen LogP contribution in [0.5, 0.6) is 0 Å². The SMILES string of the molecule is CCCCCOCc1cn([C@@H]2C[C@H](N=[N+]=[N-])[C@@H](CO)O2)c(=O)[nH]c1=O. The number of ether oxygens (including phenoxy) is 2. The fourth-order valence-electron chi connectivity index (χ4n) is 2.72. The Morgan fingerprint density at radius 3 is 3.00 bits per heavy atom. The molecule has 0 spiro atoms. The molecule has 1 aromatic rings. The van der Waals surface area contributed by atoms with E-state index in [0.29, 0.717) is 12.2 Å². The van der Waals surface area contributed by atoms with Crippen LogP contribution in [0.3, 0.4) is 0 Å². The quantitative estimate of drug-likeness (QED) is 0.297. The van der Waals surface area contributed by atoms with Crippen molar-refractivity contribution in [2.45, 2.75) is 57.6 Å². The van der Waals surface area contributed by atoms with Gasteiger partial charge >= 0.3 is 5.69 Å². The molecule has 0 saturated carbocycles. The first-order valence-corrected chi connectivity index (χ1v) is 8.33. The van der Waals surface area contributed by atoms with Crippen LogP contribution in [0.4, 0.5) is 0 Å². The molecular formula is C15H23N5O5. The number of aromatic amines is 1. The fraction of sp³-hybridized carbons (Fsp3) is 0.733. The van der Waals surface area contributed by atoms with Crippen molar-refractivity contribution in [3.05, 3.63) is 43.0 Å². The minimum atomic E-state index is -0.726. The molecule has 0 radical (unpaired) electrons. The average molecular weight is 353 g/mol. The number of nitrogens with zero attached hydrogens (tertiary/aromatic N) is 4. The Morgan fingerprint density at radius 2 is 2.32 bits per heavy atom. The zero-order chi connectivity index (χ0) is 18.2. The summed E-state index contributed by atoms with van der Waals surface area (Å²) in [7, 11) is 0. The van der Waals surface area contributed by atoms with Crippen molar-refractivity contribution < 1.29 is 14.6 Å². The summed E-state index contributed by atoms with van der Waals surface area (Å²) >= 11 is 0. The van der Waals surface area contributed by atoms with Gasteiger partial charge in [0, 0.05) is 24.1 Å². The van der Waals surface area contributed by atoms with Gasteiger partial charge in [0.2, 0.25) is 0 Å². The first-order valence-electron chi connectivity index (χ1n) is 8.33. The minimum Gasteiger partial charge on any atom is -0.394 e. The van der Waals surface area contributed by atoms with E-state index in [1.807, 2.05) is 0 Å². The molecule has 2 N–H and O–H groups in total. The highest BCUT2D eigenvalue weighted by Gasteiger charge is 2.35. The Hall–Kier alpha value is -2.13. The van der Waals surface area contributed by atoms with E-state index in [4.69, 9.17) is 15.0 Å². The van der Waals surface area contributed by atoms with Gasteiger partial charge in [-0.2, -0.15) is 0 Å². The third kappa shape index (κ3) is 4.93. The molecule has 0 aliphatic carbocycles. The van der Waals surface area contributed by atoms with Gasteiger partial charge in [-0.1, -0.05) is 24.9 Å². The van der Waals surface area contributed by atoms with Gasteiger partial charge in [-0.15, -0.1) is 0 Å². The first-order chi connectivity index (χ1) is 12.1. The number of aliphatic hydroxyl groups is 1. The van der Waals surface area contributed by atoms with E-state index < -0.39 is 29.6 Å². The van der Waals surface area contributed by atoms with E-state index in [1.54, 1.807) is 0 Å². The van der Waals surface area contributed by atoms with Crippen LogP contribution in [-0.4, -0.2) is 40.0 Å². The molecule has 2 heterocycles. The summed E-state index contributed by atoms with van der Waals surface area (Å²) in [5.41, 5.74) is 7.77. The standard InChI is InChI=1S/C15H23N5O5/c1-2-3-4-5-24-9-10-7-20(15(23)17-14(10)22)13-6-11(18-19-16)12(8-21)25-13/h7,11-13,21H,2-6,8-9H2,1H3,(H,17,22,23)/t11-,12+,13-/m0/s1. The Balaban J connectivity index is 2.13. The highest BCUT2D eigenvalue weighted by atomic mass is 16.5. The number of aliphatic hydroxyl groups excluding tert-OH is 1. The number of hydrogen-bond donors (Lipinski definition) is 2. The summed E-state index contributed by atoms with van der Waals surface area (Å²) in [6, 6.07) is -0.576. The van der Waals surface area contributed by atoms with Crippen molar-refractivity contribution in [1.82, 2.24) is 9.55 Å². The average Bonchev–Trinajstić information content (AvgIpc) is 2.99. The Morgan fingerprint density at radius 1 is 1.52 bits per heavy atom. The maximum atomic E-state index is 12.1. The van der Waals surface area contributed by atoms with Gasteiger partial charge in [-0.3, -0.25) is 14.3 Å². The Bertz CT molecular complexity index is 724. The summed E-state index contributed by atoms with van der Waals surface area (Å²) in [4.78, 5) is 29.0. The van der Waals surface area contributed by atoms with E-state index in [-0.39, 0.29) is 19.6 Å². The largest absolute Gasteiger partial charge is 0.394 e. The zero-order valence-electron chi connectivity index (χ0n) is 14.1. The molecule has 138 valence electrons. The van der Waals surface area contributed by atoms with Gasteiger partial charge in [0.1, 0.15) is 6.23 Å². The molecule has 1 aliphatic heterocycles. The number of unbranched alkanes of at least 4 members (excludes halogenated alkanes) is 2. The molecule has 1 saturated heterocycles. The predicted molar refractivity (Wildman–Crippen MR) is 89.1 cm³/mol. The zero-order valence-corrected chi connectivity index (χ0v) is 14.1. The maximum absolute atomic E-state index is 12.1. The van der Waals surface area contributed by atoms with Gasteiger partial charge in [0.05, 0.1) is 30.9 Å². The summed E-state index contributed by atoms with van der Waals surface area (Å²) < 4.78 is 12.3. The molecule has 3 atom stereocenters. The summed E-state index contributed by atoms with van der Waals surface area (Å²) in [5, 5.41) is 12.9. The lowest BCUT2D eigenvalue weighted by Gasteiger charge is -2.15. The lowest BCUT2D eigenvalue weighted by molar-refractivity contribution is -0.0274. The van der Waals surface area contributed by atoms with Gasteiger partial charge < -0.3 is 14.6 Å². The number of aromatic nitrogens is 2. The van der Waals surface area contributed by atoms with Crippen molar-refractivity contribution in [3.8, 4) is 0 Å². The smallest absolute Gasteiger partial charge is 0.330 e. The summed E-state index contributed by atoms with van der Waals surface area (Å²) in [5.74, 6) is 0. The number of H-pyrrole nitrogens is 1. The number of hydrogen-bond acceptors (Lipinski definition) is 6. The second-order valence-electron chi connectivity index (χ2n) is 5.90. The molecule has 25 heavy (non-hydrogen) atoms. The van der Waals surface area contributed by atoms with Crippen molar-refractivity contribution in [2.75, 3.05) is 13.2 Å². The van der Waals surface area contributed by atoms with Crippen LogP contribution < -0.4 is 11.2 Å². The molecule has 10 nitrogen and oxygen atoms in total. The monoisotopic (exact) mass is 353 g/mol. The minimum absolute atomic E-state index is 0.0925. The van der Waals surface area contributed by atoms with E-state index >= 15 is 0 Å². The van der Waals surface area contributed by atoms with Crippen LogP contribution in [0, 0.1) is 0 Å². The molecule has 2 rings (SSSR count). The van der Waals surface area contributed by atoms with Crippen molar-refractivity contribution in [3.63, 3.8) is 0 Å². The molecule has 1 aromatic heterocycles. The lowest BCUT2D eigenvalue weighted by atomic mass is 10.1. The van der Waals surface area contributed by atoms with Gasteiger partial charge in [0.15, 0.2) is 0 Å². The van der Waals surface area contributed by atoms with Gasteiger partial charge in [-0.25, -0.2) is 4.79 Å². The molecule has 1 aliphatic rings. The molecule has 0 unspecified atom stereocenters. The van der Waals surface area contributed by atoms with Crippen LogP contribution in [0.15, 0.2) is 20.9 Å². The van der Waals surface area contributed by atoms with Crippen LogP contribution >= 0.6 is 0 Å². The van der Waals surface area contributed by atoms with E-state index in [1.165, 1.54) is 10.8 Å². The van der Waals surface area contributed by atoms with Crippen molar-refractivity contribution >= 4 is 0 Å². The fourth-order valence-corrected chi connectivity index (χ4v) is 2.72. The third-order valence-electron chi connectivity index (χ3n) is 4.09. The topological polar surface area (TPSA) is 142 Å². The van der Waals surface area contributed by atoms with Crippen LogP contribution in [0.25, 0.3) is 10.4 Å². The Labute approximate surface area is 144 Å². The molecule has 10 heteroatoms. The van der Waals surface area contributed by atoms with Crippen molar-refractivity contribution in [2.24, 2.45) is 5.11 Å². The molecule has 0 amide bonds. The lowest BCUT2D eigenvalue weighted by Crippen LogP contribution is -2.34. The Kier molecular flexibility index (Phi) is 7.20. The third-order valence-corrected chi connectivity index (χ3v) is 4.09. The number of azide groups is 1. The normalized spacial score (nSPS) is 22.7. The molecule has 0 aromatic carbocycles. The van der Waals surface area contributed by atoms with E-state index in [2.05, 4.69) is 21.9 Å². The second-order valence-corrected chi connectivity index (χ2v) is 5.90. The van der Waals surface area contributed by atoms with Crippen LogP contribution in [0.1, 0.15) is 44.4 Å². The van der Waals surface area contributed by atoms with E-state index in [9.17, 15) is 14.7 Å². The van der Waals surface area contributed by atoms with Crippen molar-refractivity contribution in [1.29, 1.82) is 0 Å².